The summed E-state index contributed by atoms with van der Waals surface area (Å²) in [4.78, 5) is 28.7. The lowest BCUT2D eigenvalue weighted by atomic mass is 9.83. The van der Waals surface area contributed by atoms with Gasteiger partial charge in [-0.05, 0) is 62.3 Å². The minimum absolute atomic E-state index is 0.175. The maximum absolute atomic E-state index is 13.7. The number of nitrogens with zero attached hydrogens (tertiary/aromatic N) is 1. The van der Waals surface area contributed by atoms with E-state index in [0.717, 1.165) is 18.4 Å². The zero-order chi connectivity index (χ0) is 22.9. The van der Waals surface area contributed by atoms with Gasteiger partial charge in [-0.3, -0.25) is 14.5 Å². The van der Waals surface area contributed by atoms with Crippen LogP contribution in [0.4, 0.5) is 0 Å². The summed E-state index contributed by atoms with van der Waals surface area (Å²) in [6.07, 6.45) is 3.30. The summed E-state index contributed by atoms with van der Waals surface area (Å²) < 4.78 is 6.25. The van der Waals surface area contributed by atoms with Crippen LogP contribution in [0.1, 0.15) is 61.5 Å². The second-order valence-electron chi connectivity index (χ2n) is 8.90. The number of carbonyl (C=O) groups excluding carboxylic acids is 2. The number of hydrogen-bond acceptors (Lipinski definition) is 3. The highest BCUT2D eigenvalue weighted by atomic mass is 35.5. The molecule has 0 radical (unpaired) electrons. The Balaban J connectivity index is 1.62. The van der Waals surface area contributed by atoms with Gasteiger partial charge in [0.25, 0.3) is 5.91 Å². The molecule has 1 saturated heterocycles. The zero-order valence-electron chi connectivity index (χ0n) is 18.3. The van der Waals surface area contributed by atoms with Gasteiger partial charge in [0, 0.05) is 5.56 Å². The van der Waals surface area contributed by atoms with Gasteiger partial charge in [0.2, 0.25) is 5.91 Å². The van der Waals surface area contributed by atoms with Gasteiger partial charge in [0.1, 0.15) is 11.8 Å². The quantitative estimate of drug-likeness (QED) is 0.625. The fraction of sp³-hybridized carbons (Fsp3) is 0.440. The lowest BCUT2D eigenvalue weighted by molar-refractivity contribution is -0.128. The summed E-state index contributed by atoms with van der Waals surface area (Å²) in [5.41, 5.74) is 0.633. The molecule has 32 heavy (non-hydrogen) atoms. The molecule has 1 N–H and O–H groups in total. The first-order chi connectivity index (χ1) is 15.3. The Labute approximate surface area is 199 Å². The first-order valence-electron chi connectivity index (χ1n) is 11.1. The lowest BCUT2D eigenvalue weighted by Crippen LogP contribution is -2.57. The predicted octanol–water partition coefficient (Wildman–Crippen LogP) is 5.62. The van der Waals surface area contributed by atoms with Crippen LogP contribution in [0.25, 0.3) is 0 Å². The highest BCUT2D eigenvalue weighted by Crippen LogP contribution is 2.43. The fourth-order valence-corrected chi connectivity index (χ4v) is 4.98. The summed E-state index contributed by atoms with van der Waals surface area (Å²) in [6, 6.07) is 13.7. The zero-order valence-corrected chi connectivity index (χ0v) is 19.8. The van der Waals surface area contributed by atoms with Crippen LogP contribution in [0, 0.1) is 5.92 Å². The molecule has 0 aromatic heterocycles. The normalized spacial score (nSPS) is 26.2. The van der Waals surface area contributed by atoms with Crippen molar-refractivity contribution >= 4 is 35.0 Å². The van der Waals surface area contributed by atoms with E-state index in [2.05, 4.69) is 12.2 Å². The Bertz CT molecular complexity index is 990. The molecule has 7 heteroatoms. The third-order valence-corrected chi connectivity index (χ3v) is 7.40. The summed E-state index contributed by atoms with van der Waals surface area (Å²) >= 11 is 12.2. The number of rotatable bonds is 4. The lowest BCUT2D eigenvalue weighted by Gasteiger charge is -2.43. The first-order valence-corrected chi connectivity index (χ1v) is 11.8. The van der Waals surface area contributed by atoms with Gasteiger partial charge in [-0.25, -0.2) is 0 Å². The molecule has 2 aromatic carbocycles. The van der Waals surface area contributed by atoms with Gasteiger partial charge < -0.3 is 10.1 Å². The SMILES string of the molecule is CC1CCC2(CC1)OCC(C(=O)NC(C)c1ccccc1)N2C(=O)c1ccc(Cl)c(Cl)c1. The molecule has 1 saturated carbocycles. The molecule has 1 aliphatic carbocycles. The second kappa shape index (κ2) is 9.42. The predicted molar refractivity (Wildman–Crippen MR) is 126 cm³/mol. The molecule has 2 amide bonds. The number of hydrogen-bond donors (Lipinski definition) is 1. The molecule has 170 valence electrons. The molecule has 2 aliphatic rings. The molecule has 2 aromatic rings. The number of carbonyl (C=O) groups is 2. The maximum Gasteiger partial charge on any atom is 0.256 e. The van der Waals surface area contributed by atoms with Crippen molar-refractivity contribution in [3.8, 4) is 0 Å². The smallest absolute Gasteiger partial charge is 0.256 e. The van der Waals surface area contributed by atoms with Gasteiger partial charge in [0.05, 0.1) is 22.7 Å². The number of ether oxygens (including phenoxy) is 1. The van der Waals surface area contributed by atoms with Gasteiger partial charge >= 0.3 is 0 Å². The fourth-order valence-electron chi connectivity index (χ4n) is 4.68. The second-order valence-corrected chi connectivity index (χ2v) is 9.71. The van der Waals surface area contributed by atoms with Crippen molar-refractivity contribution in [1.82, 2.24) is 10.2 Å². The Kier molecular flexibility index (Phi) is 6.80. The van der Waals surface area contributed by atoms with Crippen LogP contribution in [0.5, 0.6) is 0 Å². The van der Waals surface area contributed by atoms with Crippen LogP contribution in [-0.2, 0) is 9.53 Å². The van der Waals surface area contributed by atoms with E-state index in [1.54, 1.807) is 23.1 Å². The van der Waals surface area contributed by atoms with E-state index < -0.39 is 11.8 Å². The summed E-state index contributed by atoms with van der Waals surface area (Å²) in [5, 5.41) is 3.76. The standard InChI is InChI=1S/C25H28Cl2N2O3/c1-16-10-12-25(13-11-16)29(24(31)19-8-9-20(26)21(27)14-19)22(15-32-25)23(30)28-17(2)18-6-4-3-5-7-18/h3-9,14,16-17,22H,10-13,15H2,1-2H3,(H,28,30). The van der Waals surface area contributed by atoms with E-state index in [4.69, 9.17) is 27.9 Å². The van der Waals surface area contributed by atoms with E-state index in [1.807, 2.05) is 37.3 Å². The molecule has 1 heterocycles. The molecule has 2 fully saturated rings. The first kappa shape index (κ1) is 23.1. The van der Waals surface area contributed by atoms with E-state index in [9.17, 15) is 9.59 Å². The van der Waals surface area contributed by atoms with Gasteiger partial charge in [-0.2, -0.15) is 0 Å². The van der Waals surface area contributed by atoms with Crippen molar-refractivity contribution in [3.63, 3.8) is 0 Å². The topological polar surface area (TPSA) is 58.6 Å². The average Bonchev–Trinajstić information content (AvgIpc) is 3.16. The monoisotopic (exact) mass is 474 g/mol. The number of amides is 2. The van der Waals surface area contributed by atoms with Crippen LogP contribution in [0.15, 0.2) is 48.5 Å². The van der Waals surface area contributed by atoms with Gasteiger partial charge in [-0.1, -0.05) is 60.5 Å². The van der Waals surface area contributed by atoms with E-state index in [-0.39, 0.29) is 24.5 Å². The average molecular weight is 475 g/mol. The maximum atomic E-state index is 13.7. The Morgan fingerprint density at radius 1 is 1.09 bits per heavy atom. The van der Waals surface area contributed by atoms with Crippen LogP contribution >= 0.6 is 23.2 Å². The number of benzene rings is 2. The van der Waals surface area contributed by atoms with Gasteiger partial charge in [-0.15, -0.1) is 0 Å². The third kappa shape index (κ3) is 4.52. The minimum atomic E-state index is -0.770. The summed E-state index contributed by atoms with van der Waals surface area (Å²) in [6.45, 7) is 4.32. The molecule has 2 unspecified atom stereocenters. The molecular formula is C25H28Cl2N2O3. The van der Waals surface area contributed by atoms with Crippen molar-refractivity contribution in [2.45, 2.75) is 57.3 Å². The molecule has 1 aliphatic heterocycles. The van der Waals surface area contributed by atoms with Crippen LogP contribution < -0.4 is 5.32 Å². The molecular weight excluding hydrogens is 447 g/mol. The summed E-state index contributed by atoms with van der Waals surface area (Å²) in [7, 11) is 0. The van der Waals surface area contributed by atoms with Crippen molar-refractivity contribution < 1.29 is 14.3 Å². The van der Waals surface area contributed by atoms with Gasteiger partial charge in [0.15, 0.2) is 0 Å². The van der Waals surface area contributed by atoms with E-state index in [1.165, 1.54) is 0 Å². The third-order valence-electron chi connectivity index (χ3n) is 6.66. The molecule has 1 spiro atoms. The highest BCUT2D eigenvalue weighted by molar-refractivity contribution is 6.42. The Hall–Kier alpha value is -2.08. The van der Waals surface area contributed by atoms with Crippen LogP contribution in [-0.4, -0.2) is 35.1 Å². The van der Waals surface area contributed by atoms with Crippen LogP contribution in [0.3, 0.4) is 0 Å². The number of nitrogens with one attached hydrogen (secondary N) is 1. The minimum Gasteiger partial charge on any atom is -0.353 e. The highest BCUT2D eigenvalue weighted by Gasteiger charge is 2.53. The Morgan fingerprint density at radius 2 is 1.78 bits per heavy atom. The largest absolute Gasteiger partial charge is 0.353 e. The summed E-state index contributed by atoms with van der Waals surface area (Å²) in [5.74, 6) is 0.0885. The van der Waals surface area contributed by atoms with E-state index >= 15 is 0 Å². The Morgan fingerprint density at radius 3 is 2.44 bits per heavy atom. The van der Waals surface area contributed by atoms with Crippen molar-refractivity contribution in [2.24, 2.45) is 5.92 Å². The number of halogens is 2. The van der Waals surface area contributed by atoms with Crippen molar-refractivity contribution in [1.29, 1.82) is 0 Å². The molecule has 5 nitrogen and oxygen atoms in total. The van der Waals surface area contributed by atoms with Crippen molar-refractivity contribution in [2.75, 3.05) is 6.61 Å². The van der Waals surface area contributed by atoms with E-state index in [0.29, 0.717) is 34.4 Å². The molecule has 4 rings (SSSR count). The molecule has 2 atom stereocenters. The van der Waals surface area contributed by atoms with Crippen LogP contribution in [0.2, 0.25) is 10.0 Å². The van der Waals surface area contributed by atoms with Crippen molar-refractivity contribution in [3.05, 3.63) is 69.7 Å². The molecule has 0 bridgehead atoms.